The van der Waals surface area contributed by atoms with E-state index in [2.05, 4.69) is 25.7 Å². The van der Waals surface area contributed by atoms with Gasteiger partial charge in [0.15, 0.2) is 0 Å². The zero-order valence-corrected chi connectivity index (χ0v) is 26.5. The first-order valence-corrected chi connectivity index (χ1v) is 17.3. The number of rotatable bonds is 32. The van der Waals surface area contributed by atoms with Crippen LogP contribution in [0.25, 0.3) is 0 Å². The van der Waals surface area contributed by atoms with Gasteiger partial charge in [-0.1, -0.05) is 167 Å². The molecule has 0 aromatic heterocycles. The minimum Gasteiger partial charge on any atom is -0.481 e. The molecule has 234 valence electrons. The second-order valence-corrected chi connectivity index (χ2v) is 11.8. The van der Waals surface area contributed by atoms with Crippen molar-refractivity contribution in [3.63, 3.8) is 0 Å². The number of allylic oxidation sites excluding steroid dienone is 2. The average molecular weight is 563 g/mol. The summed E-state index contributed by atoms with van der Waals surface area (Å²) in [7, 11) is 0. The van der Waals surface area contributed by atoms with Crippen molar-refractivity contribution in [1.82, 2.24) is 0 Å². The van der Waals surface area contributed by atoms with Crippen LogP contribution in [0.3, 0.4) is 0 Å². The number of hydrogen-bond donors (Lipinski definition) is 1. The first-order valence-electron chi connectivity index (χ1n) is 17.3. The number of carboxylic acid groups (broad SMARTS) is 1. The summed E-state index contributed by atoms with van der Waals surface area (Å²) in [5.74, 6) is -1.89. The number of esters is 1. The Bertz CT molecular complexity index is 598. The van der Waals surface area contributed by atoms with Crippen molar-refractivity contribution >= 4 is 11.9 Å². The van der Waals surface area contributed by atoms with Crippen LogP contribution in [0.1, 0.15) is 180 Å². The van der Waals surface area contributed by atoms with Crippen LogP contribution in [0.2, 0.25) is 0 Å². The zero-order valence-electron chi connectivity index (χ0n) is 26.5. The molecule has 0 saturated heterocycles. The summed E-state index contributed by atoms with van der Waals surface area (Å²) >= 11 is 0. The van der Waals surface area contributed by atoms with Gasteiger partial charge < -0.3 is 9.84 Å². The van der Waals surface area contributed by atoms with Gasteiger partial charge in [0, 0.05) is 0 Å². The first kappa shape index (κ1) is 38.4. The van der Waals surface area contributed by atoms with Gasteiger partial charge >= 0.3 is 11.9 Å². The maximum Gasteiger partial charge on any atom is 0.309 e. The molecule has 0 aromatic rings. The third-order valence-corrected chi connectivity index (χ3v) is 7.91. The van der Waals surface area contributed by atoms with Crippen molar-refractivity contribution in [1.29, 1.82) is 0 Å². The fraction of sp³-hybridized carbons (Fsp3) is 0.833. The van der Waals surface area contributed by atoms with Crippen molar-refractivity contribution in [2.75, 3.05) is 6.61 Å². The highest BCUT2D eigenvalue weighted by atomic mass is 16.5. The lowest BCUT2D eigenvalue weighted by molar-refractivity contribution is -0.152. The second-order valence-electron chi connectivity index (χ2n) is 11.8. The lowest BCUT2D eigenvalue weighted by atomic mass is 9.97. The molecule has 0 aliphatic heterocycles. The van der Waals surface area contributed by atoms with Crippen LogP contribution in [0.15, 0.2) is 24.8 Å². The Hall–Kier alpha value is -1.58. The summed E-state index contributed by atoms with van der Waals surface area (Å²) in [4.78, 5) is 23.0. The number of ether oxygens (including phenoxy) is 1. The van der Waals surface area contributed by atoms with E-state index in [1.807, 2.05) is 0 Å². The van der Waals surface area contributed by atoms with Crippen LogP contribution in [0, 0.1) is 5.92 Å². The predicted octanol–water partition coefficient (Wildman–Crippen LogP) is 11.5. The highest BCUT2D eigenvalue weighted by Crippen LogP contribution is 2.18. The van der Waals surface area contributed by atoms with Crippen molar-refractivity contribution in [2.24, 2.45) is 5.92 Å². The van der Waals surface area contributed by atoms with Gasteiger partial charge in [0.05, 0.1) is 12.3 Å². The van der Waals surface area contributed by atoms with Gasteiger partial charge in [0.1, 0.15) is 6.61 Å². The topological polar surface area (TPSA) is 63.6 Å². The molecule has 0 rings (SSSR count). The van der Waals surface area contributed by atoms with Crippen LogP contribution in [-0.4, -0.2) is 23.7 Å². The highest BCUT2D eigenvalue weighted by molar-refractivity contribution is 5.79. The number of carboxylic acids is 1. The Balaban J connectivity index is 3.36. The average Bonchev–Trinajstić information content (AvgIpc) is 2.94. The highest BCUT2D eigenvalue weighted by Gasteiger charge is 2.22. The Morgan fingerprint density at radius 1 is 0.625 bits per heavy atom. The molecule has 0 aliphatic rings. The third-order valence-electron chi connectivity index (χ3n) is 7.91. The summed E-state index contributed by atoms with van der Waals surface area (Å²) in [6, 6.07) is 0. The predicted molar refractivity (Wildman–Crippen MR) is 172 cm³/mol. The molecule has 4 heteroatoms. The molecular formula is C36H66O4. The van der Waals surface area contributed by atoms with Crippen LogP contribution in [-0.2, 0) is 14.3 Å². The molecule has 0 radical (unpaired) electrons. The molecule has 0 saturated carbocycles. The Morgan fingerprint density at radius 3 is 1.38 bits per heavy atom. The van der Waals surface area contributed by atoms with E-state index >= 15 is 0 Å². The molecular weight excluding hydrogens is 496 g/mol. The molecule has 1 atom stereocenters. The molecule has 1 unspecified atom stereocenters. The summed E-state index contributed by atoms with van der Waals surface area (Å²) in [5.41, 5.74) is 0. The van der Waals surface area contributed by atoms with Crippen molar-refractivity contribution in [3.8, 4) is 0 Å². The van der Waals surface area contributed by atoms with Crippen LogP contribution in [0.5, 0.6) is 0 Å². The van der Waals surface area contributed by atoms with E-state index < -0.39 is 17.9 Å². The van der Waals surface area contributed by atoms with E-state index in [1.54, 1.807) is 0 Å². The van der Waals surface area contributed by atoms with Crippen molar-refractivity contribution < 1.29 is 19.4 Å². The summed E-state index contributed by atoms with van der Waals surface area (Å²) in [6.45, 7) is 5.96. The van der Waals surface area contributed by atoms with Crippen molar-refractivity contribution in [2.45, 2.75) is 180 Å². The maximum atomic E-state index is 12.0. The summed E-state index contributed by atoms with van der Waals surface area (Å²) in [5, 5.41) is 9.03. The van der Waals surface area contributed by atoms with Crippen LogP contribution in [0.4, 0.5) is 0 Å². The second kappa shape index (κ2) is 31.9. The molecule has 0 amide bonds. The normalized spacial score (nSPS) is 12.1. The fourth-order valence-electron chi connectivity index (χ4n) is 5.36. The zero-order chi connectivity index (χ0) is 29.4. The standard InChI is InChI=1S/C36H66O4/c1-3-5-6-7-8-9-10-11-12-13-14-15-16-17-18-19-20-21-22-23-24-25-26-27-28-29-30-31-34(33-35(37)38)36(39)40-32-4-2/h4,19-20,34H,2-3,5-18,21-33H2,1H3,(H,37,38)/b20-19+. The smallest absolute Gasteiger partial charge is 0.309 e. The number of carbonyl (C=O) groups is 2. The molecule has 0 heterocycles. The van der Waals surface area contributed by atoms with E-state index in [0.29, 0.717) is 6.42 Å². The fourth-order valence-corrected chi connectivity index (χ4v) is 5.36. The van der Waals surface area contributed by atoms with Gasteiger partial charge in [0.25, 0.3) is 0 Å². The number of carbonyl (C=O) groups excluding carboxylic acids is 1. The van der Waals surface area contributed by atoms with E-state index in [4.69, 9.17) is 9.84 Å². The minimum atomic E-state index is -0.943. The maximum absolute atomic E-state index is 12.0. The van der Waals surface area contributed by atoms with Gasteiger partial charge in [0.2, 0.25) is 0 Å². The third kappa shape index (κ3) is 29.4. The van der Waals surface area contributed by atoms with E-state index in [-0.39, 0.29) is 13.0 Å². The van der Waals surface area contributed by atoms with Crippen LogP contribution < -0.4 is 0 Å². The van der Waals surface area contributed by atoms with Gasteiger partial charge in [-0.15, -0.1) is 0 Å². The lowest BCUT2D eigenvalue weighted by Gasteiger charge is -2.13. The molecule has 0 aromatic carbocycles. The number of unbranched alkanes of at least 4 members (excludes halogenated alkanes) is 23. The monoisotopic (exact) mass is 562 g/mol. The molecule has 0 bridgehead atoms. The largest absolute Gasteiger partial charge is 0.481 e. The molecule has 0 aliphatic carbocycles. The quantitative estimate of drug-likeness (QED) is 0.0503. The Kier molecular flexibility index (Phi) is 30.7. The van der Waals surface area contributed by atoms with Crippen molar-refractivity contribution in [3.05, 3.63) is 24.8 Å². The Labute approximate surface area is 248 Å². The summed E-state index contributed by atoms with van der Waals surface area (Å²) in [6.07, 6.45) is 40.0. The van der Waals surface area contributed by atoms with Gasteiger partial charge in [-0.3, -0.25) is 9.59 Å². The van der Waals surface area contributed by atoms with Gasteiger partial charge in [-0.2, -0.15) is 0 Å². The van der Waals surface area contributed by atoms with Gasteiger partial charge in [-0.05, 0) is 32.1 Å². The first-order chi connectivity index (χ1) is 19.6. The van der Waals surface area contributed by atoms with E-state index in [1.165, 1.54) is 147 Å². The number of aliphatic carboxylic acids is 1. The molecule has 0 spiro atoms. The molecule has 40 heavy (non-hydrogen) atoms. The molecule has 1 N–H and O–H groups in total. The lowest BCUT2D eigenvalue weighted by Crippen LogP contribution is -2.21. The number of hydrogen-bond acceptors (Lipinski definition) is 3. The molecule has 4 nitrogen and oxygen atoms in total. The summed E-state index contributed by atoms with van der Waals surface area (Å²) < 4.78 is 5.04. The Morgan fingerprint density at radius 2 is 1.00 bits per heavy atom. The van der Waals surface area contributed by atoms with Gasteiger partial charge in [-0.25, -0.2) is 0 Å². The molecule has 0 fully saturated rings. The minimum absolute atomic E-state index is 0.144. The SMILES string of the molecule is C=CCOC(=O)C(CCCCCCCCCCC/C=C/CCCCCCCCCCCCCCCC)CC(=O)O. The van der Waals surface area contributed by atoms with E-state index in [0.717, 1.165) is 19.3 Å². The van der Waals surface area contributed by atoms with Crippen LogP contribution >= 0.6 is 0 Å². The van der Waals surface area contributed by atoms with E-state index in [9.17, 15) is 9.59 Å².